The lowest BCUT2D eigenvalue weighted by molar-refractivity contribution is -0.128. The third-order valence-electron chi connectivity index (χ3n) is 6.24. The molecule has 2 amide bonds. The van der Waals surface area contributed by atoms with Gasteiger partial charge in [-0.05, 0) is 61.2 Å². The second-order valence-electron chi connectivity index (χ2n) is 8.55. The molecule has 7 heteroatoms. The fraction of sp³-hybridized carbons (Fsp3) is 0.360. The Labute approximate surface area is 187 Å². The van der Waals surface area contributed by atoms with Gasteiger partial charge in [-0.3, -0.25) is 9.59 Å². The van der Waals surface area contributed by atoms with E-state index < -0.39 is 0 Å². The molecule has 3 aromatic rings. The van der Waals surface area contributed by atoms with Crippen LogP contribution in [0.1, 0.15) is 53.8 Å². The van der Waals surface area contributed by atoms with E-state index >= 15 is 0 Å². The second kappa shape index (κ2) is 8.94. The molecule has 0 bridgehead atoms. The molecule has 1 fully saturated rings. The normalized spacial score (nSPS) is 16.0. The molecular weight excluding hydrogens is 402 g/mol. The molecule has 32 heavy (non-hydrogen) atoms. The van der Waals surface area contributed by atoms with E-state index in [1.54, 1.807) is 6.07 Å². The monoisotopic (exact) mass is 429 g/mol. The first kappa shape index (κ1) is 20.4. The summed E-state index contributed by atoms with van der Waals surface area (Å²) in [4.78, 5) is 26.5. The van der Waals surface area contributed by atoms with Crippen molar-refractivity contribution in [2.24, 2.45) is 0 Å². The summed E-state index contributed by atoms with van der Waals surface area (Å²) in [5, 5.41) is 11.7. The van der Waals surface area contributed by atoms with Crippen LogP contribution in [0.3, 0.4) is 0 Å². The van der Waals surface area contributed by atoms with Gasteiger partial charge in [0.2, 0.25) is 5.91 Å². The van der Waals surface area contributed by atoms with E-state index in [4.69, 9.17) is 0 Å². The number of hydrogen-bond acceptors (Lipinski definition) is 4. The lowest BCUT2D eigenvalue weighted by Gasteiger charge is -2.16. The molecule has 2 aromatic carbocycles. The summed E-state index contributed by atoms with van der Waals surface area (Å²) < 4.78 is 2.22. The first-order chi connectivity index (χ1) is 15.7. The van der Waals surface area contributed by atoms with Crippen molar-refractivity contribution >= 4 is 17.5 Å². The Hall–Kier alpha value is -3.48. The van der Waals surface area contributed by atoms with Crippen molar-refractivity contribution in [2.75, 3.05) is 11.9 Å². The summed E-state index contributed by atoms with van der Waals surface area (Å²) in [6, 6.07) is 15.2. The fourth-order valence-corrected chi connectivity index (χ4v) is 4.51. The number of likely N-dealkylation sites (tertiary alicyclic amines) is 1. The Morgan fingerprint density at radius 2 is 1.81 bits per heavy atom. The first-order valence-electron chi connectivity index (χ1n) is 11.4. The molecule has 0 spiro atoms. The van der Waals surface area contributed by atoms with Crippen LogP contribution in [-0.4, -0.2) is 38.0 Å². The van der Waals surface area contributed by atoms with Crippen LogP contribution in [0.4, 0.5) is 5.69 Å². The maximum Gasteiger partial charge on any atom is 0.255 e. The Kier molecular flexibility index (Phi) is 5.71. The van der Waals surface area contributed by atoms with Crippen molar-refractivity contribution in [3.05, 3.63) is 65.5 Å². The molecule has 7 nitrogen and oxygen atoms in total. The quantitative estimate of drug-likeness (QED) is 0.664. The van der Waals surface area contributed by atoms with E-state index in [9.17, 15) is 9.59 Å². The maximum absolute atomic E-state index is 12.8. The lowest BCUT2D eigenvalue weighted by Crippen LogP contribution is -2.24. The van der Waals surface area contributed by atoms with Crippen molar-refractivity contribution in [1.82, 2.24) is 19.7 Å². The van der Waals surface area contributed by atoms with Gasteiger partial charge >= 0.3 is 0 Å². The van der Waals surface area contributed by atoms with Crippen LogP contribution in [0.2, 0.25) is 0 Å². The van der Waals surface area contributed by atoms with Gasteiger partial charge in [-0.2, -0.15) is 0 Å². The number of benzene rings is 2. The zero-order chi connectivity index (χ0) is 21.9. The van der Waals surface area contributed by atoms with Gasteiger partial charge in [-0.1, -0.05) is 18.6 Å². The van der Waals surface area contributed by atoms with Crippen LogP contribution in [-0.2, 0) is 24.3 Å². The maximum atomic E-state index is 12.8. The smallest absolute Gasteiger partial charge is 0.255 e. The number of carbonyl (C=O) groups excluding carboxylic acids is 2. The minimum absolute atomic E-state index is 0.163. The number of aryl methyl sites for hydroxylation is 1. The van der Waals surface area contributed by atoms with Crippen molar-refractivity contribution in [3.63, 3.8) is 0 Å². The molecule has 1 aromatic heterocycles. The summed E-state index contributed by atoms with van der Waals surface area (Å²) in [5.74, 6) is 1.97. The Bertz CT molecular complexity index is 1140. The van der Waals surface area contributed by atoms with Crippen molar-refractivity contribution in [2.45, 2.75) is 51.6 Å². The van der Waals surface area contributed by atoms with Gasteiger partial charge < -0.3 is 14.8 Å². The van der Waals surface area contributed by atoms with Gasteiger partial charge in [0.25, 0.3) is 5.91 Å². The van der Waals surface area contributed by atoms with Crippen LogP contribution in [0, 0.1) is 0 Å². The number of anilines is 1. The summed E-state index contributed by atoms with van der Waals surface area (Å²) >= 11 is 0. The molecule has 0 atom stereocenters. The average Bonchev–Trinajstić information content (AvgIpc) is 3.32. The highest BCUT2D eigenvalue weighted by molar-refractivity contribution is 6.04. The van der Waals surface area contributed by atoms with Crippen molar-refractivity contribution in [1.29, 1.82) is 0 Å². The molecule has 0 saturated carbocycles. The third-order valence-corrected chi connectivity index (χ3v) is 6.24. The Morgan fingerprint density at radius 3 is 2.62 bits per heavy atom. The van der Waals surface area contributed by atoms with Gasteiger partial charge in [0.05, 0.1) is 0 Å². The summed E-state index contributed by atoms with van der Waals surface area (Å²) in [7, 11) is 0. The number of aromatic nitrogens is 3. The highest BCUT2D eigenvalue weighted by Crippen LogP contribution is 2.24. The SMILES string of the molecule is O=C(Nc1ccc(-c2nnc3n2CCCCC3)cc1)c1cccc(CN2CCCC2=O)c1. The lowest BCUT2D eigenvalue weighted by atomic mass is 10.1. The van der Waals surface area contributed by atoms with Gasteiger partial charge in [-0.15, -0.1) is 10.2 Å². The van der Waals surface area contributed by atoms with E-state index in [0.717, 1.165) is 60.8 Å². The molecular formula is C25H27N5O2. The van der Waals surface area contributed by atoms with Crippen LogP contribution in [0.5, 0.6) is 0 Å². The zero-order valence-corrected chi connectivity index (χ0v) is 18.1. The Morgan fingerprint density at radius 1 is 0.938 bits per heavy atom. The molecule has 5 rings (SSSR count). The number of carbonyl (C=O) groups is 2. The molecule has 164 valence electrons. The second-order valence-corrected chi connectivity index (χ2v) is 8.55. The standard InChI is InChI=1S/C25H27N5O2/c31-23-9-5-14-29(23)17-18-6-4-7-20(16-18)25(32)26-21-12-10-19(11-13-21)24-28-27-22-8-2-1-3-15-30(22)24/h4,6-7,10-13,16H,1-3,5,8-9,14-15,17H2,(H,26,32). The molecule has 0 aliphatic carbocycles. The van der Waals surface area contributed by atoms with E-state index in [1.165, 1.54) is 12.8 Å². The van der Waals surface area contributed by atoms with Gasteiger partial charge in [0.15, 0.2) is 5.82 Å². The van der Waals surface area contributed by atoms with Crippen LogP contribution in [0.15, 0.2) is 48.5 Å². The summed E-state index contributed by atoms with van der Waals surface area (Å²) in [6.07, 6.45) is 6.05. The van der Waals surface area contributed by atoms with E-state index in [1.807, 2.05) is 47.4 Å². The third kappa shape index (κ3) is 4.28. The summed E-state index contributed by atoms with van der Waals surface area (Å²) in [5.41, 5.74) is 3.28. The minimum atomic E-state index is -0.163. The van der Waals surface area contributed by atoms with Gasteiger partial charge in [0, 0.05) is 49.3 Å². The average molecular weight is 430 g/mol. The van der Waals surface area contributed by atoms with Gasteiger partial charge in [0.1, 0.15) is 5.82 Å². The van der Waals surface area contributed by atoms with Crippen LogP contribution in [0.25, 0.3) is 11.4 Å². The molecule has 1 saturated heterocycles. The summed E-state index contributed by atoms with van der Waals surface area (Å²) in [6.45, 7) is 2.30. The minimum Gasteiger partial charge on any atom is -0.338 e. The fourth-order valence-electron chi connectivity index (χ4n) is 4.51. The van der Waals surface area contributed by atoms with Crippen LogP contribution < -0.4 is 5.32 Å². The largest absolute Gasteiger partial charge is 0.338 e. The molecule has 0 unspecified atom stereocenters. The molecule has 2 aliphatic rings. The first-order valence-corrected chi connectivity index (χ1v) is 11.4. The zero-order valence-electron chi connectivity index (χ0n) is 18.1. The predicted molar refractivity (Wildman–Crippen MR) is 122 cm³/mol. The topological polar surface area (TPSA) is 80.1 Å². The molecule has 2 aliphatic heterocycles. The van der Waals surface area contributed by atoms with E-state index in [0.29, 0.717) is 18.5 Å². The number of fused-ring (bicyclic) bond motifs is 1. The Balaban J connectivity index is 1.27. The highest BCUT2D eigenvalue weighted by Gasteiger charge is 2.20. The van der Waals surface area contributed by atoms with E-state index in [2.05, 4.69) is 20.1 Å². The number of rotatable bonds is 5. The number of nitrogens with one attached hydrogen (secondary N) is 1. The number of nitrogens with zero attached hydrogens (tertiary/aromatic N) is 4. The highest BCUT2D eigenvalue weighted by atomic mass is 16.2. The van der Waals surface area contributed by atoms with Crippen molar-refractivity contribution in [3.8, 4) is 11.4 Å². The van der Waals surface area contributed by atoms with Crippen molar-refractivity contribution < 1.29 is 9.59 Å². The molecule has 1 N–H and O–H groups in total. The predicted octanol–water partition coefficient (Wildman–Crippen LogP) is 4.05. The van der Waals surface area contributed by atoms with Crippen LogP contribution >= 0.6 is 0 Å². The van der Waals surface area contributed by atoms with Gasteiger partial charge in [-0.25, -0.2) is 0 Å². The van der Waals surface area contributed by atoms with E-state index in [-0.39, 0.29) is 11.8 Å². The number of hydrogen-bond donors (Lipinski definition) is 1. The number of amides is 2. The molecule has 3 heterocycles. The molecule has 0 radical (unpaired) electrons.